The van der Waals surface area contributed by atoms with Gasteiger partial charge in [0.15, 0.2) is 0 Å². The van der Waals surface area contributed by atoms with Crippen LogP contribution in [0.1, 0.15) is 11.3 Å². The summed E-state index contributed by atoms with van der Waals surface area (Å²) >= 11 is 5.11. The number of anilines is 1. The summed E-state index contributed by atoms with van der Waals surface area (Å²) in [5, 5.41) is 2.00. The van der Waals surface area contributed by atoms with E-state index in [4.69, 9.17) is 0 Å². The Morgan fingerprint density at radius 2 is 2.13 bits per heavy atom. The van der Waals surface area contributed by atoms with Crippen molar-refractivity contribution in [3.05, 3.63) is 51.1 Å². The molecule has 0 spiro atoms. The molecular weight excluding hydrogens is 376 g/mol. The molecule has 0 saturated carbocycles. The standard InChI is InChI=1S/C17H17BrN2O2S/c1-19(11-13-5-4-8-23-13)17(22)12-9-16(21)20(10-12)15-7-3-2-6-14(15)18/h2-8,12H,9-11H2,1H3/t12-/m1/s1. The molecule has 6 heteroatoms. The fraction of sp³-hybridized carbons (Fsp3) is 0.294. The fourth-order valence-corrected chi connectivity index (χ4v) is 4.06. The molecule has 0 N–H and O–H groups in total. The molecule has 1 atom stereocenters. The fourth-order valence-electron chi connectivity index (χ4n) is 2.80. The van der Waals surface area contributed by atoms with Crippen molar-refractivity contribution >= 4 is 44.8 Å². The molecule has 0 radical (unpaired) electrons. The third-order valence-electron chi connectivity index (χ3n) is 3.97. The average molecular weight is 393 g/mol. The van der Waals surface area contributed by atoms with Gasteiger partial charge in [0.05, 0.1) is 18.2 Å². The molecule has 4 nitrogen and oxygen atoms in total. The number of thiophene rings is 1. The van der Waals surface area contributed by atoms with Crippen LogP contribution in [0.25, 0.3) is 0 Å². The van der Waals surface area contributed by atoms with Crippen LogP contribution in [0.3, 0.4) is 0 Å². The minimum Gasteiger partial charge on any atom is -0.340 e. The van der Waals surface area contributed by atoms with Crippen LogP contribution in [-0.4, -0.2) is 30.3 Å². The van der Waals surface area contributed by atoms with E-state index in [2.05, 4.69) is 15.9 Å². The number of benzene rings is 1. The summed E-state index contributed by atoms with van der Waals surface area (Å²) < 4.78 is 0.869. The van der Waals surface area contributed by atoms with Gasteiger partial charge in [0.25, 0.3) is 0 Å². The first kappa shape index (κ1) is 16.2. The molecule has 3 rings (SSSR count). The van der Waals surface area contributed by atoms with Gasteiger partial charge in [-0.2, -0.15) is 0 Å². The number of carbonyl (C=O) groups excluding carboxylic acids is 2. The van der Waals surface area contributed by atoms with Crippen LogP contribution in [0.5, 0.6) is 0 Å². The first-order valence-corrected chi connectivity index (χ1v) is 9.06. The Morgan fingerprint density at radius 1 is 1.35 bits per heavy atom. The zero-order valence-corrected chi connectivity index (χ0v) is 15.1. The lowest BCUT2D eigenvalue weighted by molar-refractivity contribution is -0.135. The zero-order chi connectivity index (χ0) is 16.4. The Kier molecular flexibility index (Phi) is 4.82. The SMILES string of the molecule is CN(Cc1cccs1)C(=O)[C@@H]1CC(=O)N(c2ccccc2Br)C1. The van der Waals surface area contributed by atoms with E-state index in [9.17, 15) is 9.59 Å². The molecule has 0 bridgehead atoms. The molecule has 0 aliphatic carbocycles. The summed E-state index contributed by atoms with van der Waals surface area (Å²) in [7, 11) is 1.80. The number of nitrogens with zero attached hydrogens (tertiary/aromatic N) is 2. The van der Waals surface area contributed by atoms with Crippen molar-refractivity contribution < 1.29 is 9.59 Å². The summed E-state index contributed by atoms with van der Waals surface area (Å²) in [5.41, 5.74) is 0.828. The molecule has 120 valence electrons. The monoisotopic (exact) mass is 392 g/mol. The van der Waals surface area contributed by atoms with E-state index in [1.165, 1.54) is 0 Å². The van der Waals surface area contributed by atoms with E-state index < -0.39 is 0 Å². The van der Waals surface area contributed by atoms with Crippen molar-refractivity contribution in [1.82, 2.24) is 4.90 Å². The maximum absolute atomic E-state index is 12.6. The number of hydrogen-bond acceptors (Lipinski definition) is 3. The largest absolute Gasteiger partial charge is 0.340 e. The van der Waals surface area contributed by atoms with Gasteiger partial charge in [0.2, 0.25) is 11.8 Å². The number of rotatable bonds is 4. The molecule has 2 amide bonds. The lowest BCUT2D eigenvalue weighted by atomic mass is 10.1. The first-order valence-electron chi connectivity index (χ1n) is 7.38. The van der Waals surface area contributed by atoms with Crippen LogP contribution in [0.2, 0.25) is 0 Å². The van der Waals surface area contributed by atoms with Crippen LogP contribution < -0.4 is 4.90 Å². The van der Waals surface area contributed by atoms with Gasteiger partial charge < -0.3 is 9.80 Å². The van der Waals surface area contributed by atoms with E-state index in [-0.39, 0.29) is 24.2 Å². The quantitative estimate of drug-likeness (QED) is 0.798. The highest BCUT2D eigenvalue weighted by Crippen LogP contribution is 2.32. The average Bonchev–Trinajstić information content (AvgIpc) is 3.17. The van der Waals surface area contributed by atoms with Gasteiger partial charge >= 0.3 is 0 Å². The highest BCUT2D eigenvalue weighted by molar-refractivity contribution is 9.10. The van der Waals surface area contributed by atoms with Gasteiger partial charge in [0.1, 0.15) is 0 Å². The molecule has 1 aromatic heterocycles. The van der Waals surface area contributed by atoms with Gasteiger partial charge in [-0.3, -0.25) is 9.59 Å². The molecule has 23 heavy (non-hydrogen) atoms. The van der Waals surface area contributed by atoms with Gasteiger partial charge in [-0.25, -0.2) is 0 Å². The molecule has 2 heterocycles. The second-order valence-corrected chi connectivity index (χ2v) is 7.52. The second-order valence-electron chi connectivity index (χ2n) is 5.63. The zero-order valence-electron chi connectivity index (χ0n) is 12.7. The van der Waals surface area contributed by atoms with Crippen molar-refractivity contribution in [2.45, 2.75) is 13.0 Å². The van der Waals surface area contributed by atoms with Gasteiger partial charge in [-0.1, -0.05) is 18.2 Å². The van der Waals surface area contributed by atoms with Gasteiger partial charge in [0, 0.05) is 29.4 Å². The second kappa shape index (κ2) is 6.84. The van der Waals surface area contributed by atoms with Crippen molar-refractivity contribution in [2.24, 2.45) is 5.92 Å². The molecule has 2 aromatic rings. The van der Waals surface area contributed by atoms with Crippen molar-refractivity contribution in [2.75, 3.05) is 18.5 Å². The Balaban J connectivity index is 1.69. The Morgan fingerprint density at radius 3 is 2.83 bits per heavy atom. The first-order chi connectivity index (χ1) is 11.1. The van der Waals surface area contributed by atoms with E-state index in [0.717, 1.165) is 15.0 Å². The molecule has 1 fully saturated rings. The van der Waals surface area contributed by atoms with Crippen LogP contribution >= 0.6 is 27.3 Å². The normalized spacial score (nSPS) is 17.6. The van der Waals surface area contributed by atoms with Crippen molar-refractivity contribution in [1.29, 1.82) is 0 Å². The number of para-hydroxylation sites is 1. The van der Waals surface area contributed by atoms with Crippen LogP contribution in [0, 0.1) is 5.92 Å². The van der Waals surface area contributed by atoms with E-state index in [1.807, 2.05) is 41.8 Å². The number of hydrogen-bond donors (Lipinski definition) is 0. The lowest BCUT2D eigenvalue weighted by Gasteiger charge is -2.21. The van der Waals surface area contributed by atoms with E-state index >= 15 is 0 Å². The Hall–Kier alpha value is -1.66. The maximum Gasteiger partial charge on any atom is 0.228 e. The van der Waals surface area contributed by atoms with Crippen LogP contribution in [-0.2, 0) is 16.1 Å². The van der Waals surface area contributed by atoms with Crippen molar-refractivity contribution in [3.8, 4) is 0 Å². The van der Waals surface area contributed by atoms with Crippen molar-refractivity contribution in [3.63, 3.8) is 0 Å². The molecule has 1 aliphatic rings. The highest BCUT2D eigenvalue weighted by Gasteiger charge is 2.37. The minimum atomic E-state index is -0.278. The molecule has 1 aliphatic heterocycles. The van der Waals surface area contributed by atoms with Gasteiger partial charge in [-0.15, -0.1) is 11.3 Å². The third-order valence-corrected chi connectivity index (χ3v) is 5.50. The maximum atomic E-state index is 12.6. The molecular formula is C17H17BrN2O2S. The molecule has 1 saturated heterocycles. The summed E-state index contributed by atoms with van der Waals surface area (Å²) in [4.78, 5) is 29.5. The number of amides is 2. The summed E-state index contributed by atoms with van der Waals surface area (Å²) in [6.45, 7) is 1.03. The topological polar surface area (TPSA) is 40.6 Å². The predicted octanol–water partition coefficient (Wildman–Crippen LogP) is 3.52. The highest BCUT2D eigenvalue weighted by atomic mass is 79.9. The Labute approximate surface area is 147 Å². The van der Waals surface area contributed by atoms with E-state index in [1.54, 1.807) is 28.2 Å². The lowest BCUT2D eigenvalue weighted by Crippen LogP contribution is -2.34. The number of halogens is 1. The summed E-state index contributed by atoms with van der Waals surface area (Å²) in [5.74, 6) is -0.249. The van der Waals surface area contributed by atoms with E-state index in [0.29, 0.717) is 13.1 Å². The smallest absolute Gasteiger partial charge is 0.228 e. The summed E-state index contributed by atoms with van der Waals surface area (Å²) in [6, 6.07) is 11.6. The molecule has 1 aromatic carbocycles. The summed E-state index contributed by atoms with van der Waals surface area (Å²) in [6.07, 6.45) is 0.273. The Bertz CT molecular complexity index is 717. The predicted molar refractivity (Wildman–Crippen MR) is 95.4 cm³/mol. The minimum absolute atomic E-state index is 0.000210. The van der Waals surface area contributed by atoms with Gasteiger partial charge in [-0.05, 0) is 39.5 Å². The van der Waals surface area contributed by atoms with Crippen LogP contribution in [0.4, 0.5) is 5.69 Å². The van der Waals surface area contributed by atoms with Crippen LogP contribution in [0.15, 0.2) is 46.3 Å². The third kappa shape index (κ3) is 3.48. The number of carbonyl (C=O) groups is 2. The molecule has 0 unspecified atom stereocenters.